The molecule has 0 radical (unpaired) electrons. The zero-order valence-electron chi connectivity index (χ0n) is 13.0. The van der Waals surface area contributed by atoms with Gasteiger partial charge in [0.15, 0.2) is 0 Å². The number of primary amides is 1. The lowest BCUT2D eigenvalue weighted by Gasteiger charge is -2.21. The molecule has 0 saturated carbocycles. The van der Waals surface area contributed by atoms with Crippen LogP contribution in [-0.2, 0) is 17.6 Å². The highest BCUT2D eigenvalue weighted by Gasteiger charge is 2.30. The Balaban J connectivity index is 1.61. The zero-order valence-corrected chi connectivity index (χ0v) is 13.0. The van der Waals surface area contributed by atoms with Crippen LogP contribution in [0.1, 0.15) is 42.5 Å². The van der Waals surface area contributed by atoms with E-state index in [0.29, 0.717) is 19.5 Å². The summed E-state index contributed by atoms with van der Waals surface area (Å²) >= 11 is 0. The average Bonchev–Trinajstić information content (AvgIpc) is 3.15. The number of likely N-dealkylation sites (tertiary alicyclic amines) is 1. The Morgan fingerprint density at radius 2 is 2.09 bits per heavy atom. The van der Waals surface area contributed by atoms with E-state index >= 15 is 0 Å². The third kappa shape index (κ3) is 2.93. The van der Waals surface area contributed by atoms with E-state index < -0.39 is 0 Å². The van der Waals surface area contributed by atoms with E-state index in [2.05, 4.69) is 23.5 Å². The first kappa shape index (κ1) is 14.9. The first-order chi connectivity index (χ1) is 10.5. The molecule has 3 amide bonds. The smallest absolute Gasteiger partial charge is 0.317 e. The van der Waals surface area contributed by atoms with E-state index in [4.69, 9.17) is 5.73 Å². The number of rotatable bonds is 3. The van der Waals surface area contributed by atoms with Gasteiger partial charge in [-0.2, -0.15) is 0 Å². The highest BCUT2D eigenvalue weighted by molar-refractivity contribution is 5.80. The number of carbonyl (C=O) groups is 2. The molecule has 1 aromatic carbocycles. The lowest BCUT2D eigenvalue weighted by Crippen LogP contribution is -2.40. The third-order valence-corrected chi connectivity index (χ3v) is 4.84. The maximum atomic E-state index is 12.3. The Morgan fingerprint density at radius 1 is 1.32 bits per heavy atom. The molecule has 1 aromatic rings. The minimum atomic E-state index is -0.318. The van der Waals surface area contributed by atoms with E-state index in [-0.39, 0.29) is 23.9 Å². The number of hydrogen-bond acceptors (Lipinski definition) is 2. The molecule has 3 N–H and O–H groups in total. The number of urea groups is 1. The van der Waals surface area contributed by atoms with Crippen molar-refractivity contribution >= 4 is 11.9 Å². The molecule has 22 heavy (non-hydrogen) atoms. The Hall–Kier alpha value is -2.04. The van der Waals surface area contributed by atoms with Gasteiger partial charge >= 0.3 is 6.03 Å². The highest BCUT2D eigenvalue weighted by Crippen LogP contribution is 2.25. The molecule has 5 heteroatoms. The molecule has 2 aliphatic rings. The molecule has 1 aliphatic carbocycles. The largest absolute Gasteiger partial charge is 0.369 e. The van der Waals surface area contributed by atoms with Crippen LogP contribution in [-0.4, -0.2) is 29.9 Å². The summed E-state index contributed by atoms with van der Waals surface area (Å²) in [6.07, 6.45) is 4.19. The fourth-order valence-corrected chi connectivity index (χ4v) is 3.40. The summed E-state index contributed by atoms with van der Waals surface area (Å²) in [5, 5.41) is 3.02. The molecule has 1 fully saturated rings. The predicted molar refractivity (Wildman–Crippen MR) is 84.3 cm³/mol. The normalized spacial score (nSPS) is 21.5. The van der Waals surface area contributed by atoms with Gasteiger partial charge in [-0.25, -0.2) is 4.79 Å². The van der Waals surface area contributed by atoms with Crippen LogP contribution in [0.2, 0.25) is 0 Å². The maximum Gasteiger partial charge on any atom is 0.317 e. The summed E-state index contributed by atoms with van der Waals surface area (Å²) < 4.78 is 0. The number of fused-ring (bicyclic) bond motifs is 1. The number of amides is 3. The fourth-order valence-electron chi connectivity index (χ4n) is 3.40. The molecule has 118 valence electrons. The number of nitrogens with one attached hydrogen (secondary N) is 1. The summed E-state index contributed by atoms with van der Waals surface area (Å²) in [5.74, 6) is -0.525. The Kier molecular flexibility index (Phi) is 4.05. The molecule has 2 atom stereocenters. The van der Waals surface area contributed by atoms with Crippen molar-refractivity contribution in [3.63, 3.8) is 0 Å². The summed E-state index contributed by atoms with van der Waals surface area (Å²) in [6, 6.07) is 6.34. The number of nitrogens with two attached hydrogens (primary N) is 1. The van der Waals surface area contributed by atoms with Crippen molar-refractivity contribution in [3.05, 3.63) is 34.9 Å². The van der Waals surface area contributed by atoms with Gasteiger partial charge in [0, 0.05) is 13.1 Å². The van der Waals surface area contributed by atoms with Crippen LogP contribution < -0.4 is 11.1 Å². The van der Waals surface area contributed by atoms with Crippen molar-refractivity contribution in [3.8, 4) is 0 Å². The van der Waals surface area contributed by atoms with Crippen molar-refractivity contribution in [1.29, 1.82) is 0 Å². The topological polar surface area (TPSA) is 75.4 Å². The first-order valence-corrected chi connectivity index (χ1v) is 8.01. The van der Waals surface area contributed by atoms with Gasteiger partial charge in [0.2, 0.25) is 5.91 Å². The molecule has 3 rings (SSSR count). The summed E-state index contributed by atoms with van der Waals surface area (Å²) in [5.41, 5.74) is 9.29. The van der Waals surface area contributed by atoms with Crippen molar-refractivity contribution in [2.75, 3.05) is 13.1 Å². The van der Waals surface area contributed by atoms with Gasteiger partial charge in [0.05, 0.1) is 12.0 Å². The number of nitrogens with zero attached hydrogens (tertiary/aromatic N) is 1. The van der Waals surface area contributed by atoms with Crippen molar-refractivity contribution in [1.82, 2.24) is 10.2 Å². The van der Waals surface area contributed by atoms with Gasteiger partial charge in [-0.15, -0.1) is 0 Å². The molecule has 0 unspecified atom stereocenters. The second-order valence-corrected chi connectivity index (χ2v) is 6.39. The second kappa shape index (κ2) is 5.99. The number of carbonyl (C=O) groups excluding carboxylic acids is 2. The second-order valence-electron chi connectivity index (χ2n) is 6.39. The van der Waals surface area contributed by atoms with Crippen molar-refractivity contribution < 1.29 is 9.59 Å². The van der Waals surface area contributed by atoms with Crippen LogP contribution in [0.15, 0.2) is 18.2 Å². The number of aryl methyl sites for hydroxylation is 2. The first-order valence-electron chi connectivity index (χ1n) is 8.01. The van der Waals surface area contributed by atoms with E-state index in [1.54, 1.807) is 4.90 Å². The Bertz CT molecular complexity index is 600. The van der Waals surface area contributed by atoms with Crippen LogP contribution in [0.25, 0.3) is 0 Å². The van der Waals surface area contributed by atoms with Gasteiger partial charge in [0.1, 0.15) is 0 Å². The quantitative estimate of drug-likeness (QED) is 0.892. The molecule has 0 spiro atoms. The Morgan fingerprint density at radius 3 is 2.82 bits per heavy atom. The van der Waals surface area contributed by atoms with Crippen LogP contribution >= 0.6 is 0 Å². The van der Waals surface area contributed by atoms with Crippen molar-refractivity contribution in [2.24, 2.45) is 11.7 Å². The molecule has 0 aromatic heterocycles. The van der Waals surface area contributed by atoms with E-state index in [0.717, 1.165) is 12.0 Å². The summed E-state index contributed by atoms with van der Waals surface area (Å²) in [6.45, 7) is 3.02. The van der Waals surface area contributed by atoms with E-state index in [1.807, 2.05) is 6.92 Å². The SMILES string of the molecule is C[C@@H](NC(=O)N1CC[C@@H](C(N)=O)C1)c1ccc2c(c1)CCC2. The minimum absolute atomic E-state index is 0.0361. The average molecular weight is 301 g/mol. The fraction of sp³-hybridized carbons (Fsp3) is 0.529. The zero-order chi connectivity index (χ0) is 15.7. The number of hydrogen-bond donors (Lipinski definition) is 2. The summed E-state index contributed by atoms with van der Waals surface area (Å²) in [7, 11) is 0. The van der Waals surface area contributed by atoms with Gasteiger partial charge in [-0.05, 0) is 49.3 Å². The minimum Gasteiger partial charge on any atom is -0.369 e. The van der Waals surface area contributed by atoms with Crippen LogP contribution in [0.3, 0.4) is 0 Å². The van der Waals surface area contributed by atoms with E-state index in [1.165, 1.54) is 24.0 Å². The molecular formula is C17H23N3O2. The van der Waals surface area contributed by atoms with E-state index in [9.17, 15) is 9.59 Å². The standard InChI is InChI=1S/C17H23N3O2/c1-11(13-6-5-12-3-2-4-14(12)9-13)19-17(22)20-8-7-15(10-20)16(18)21/h5-6,9,11,15H,2-4,7-8,10H2,1H3,(H2,18,21)(H,19,22)/t11-,15-/m1/s1. The predicted octanol–water partition coefficient (Wildman–Crippen LogP) is 1.75. The molecular weight excluding hydrogens is 278 g/mol. The molecule has 1 saturated heterocycles. The molecule has 5 nitrogen and oxygen atoms in total. The highest BCUT2D eigenvalue weighted by atomic mass is 16.2. The number of benzene rings is 1. The van der Waals surface area contributed by atoms with Crippen LogP contribution in [0, 0.1) is 5.92 Å². The maximum absolute atomic E-state index is 12.3. The Labute approximate surface area is 130 Å². The van der Waals surface area contributed by atoms with Crippen LogP contribution in [0.4, 0.5) is 4.79 Å². The van der Waals surface area contributed by atoms with Gasteiger partial charge in [-0.3, -0.25) is 4.79 Å². The van der Waals surface area contributed by atoms with Crippen LogP contribution in [0.5, 0.6) is 0 Å². The molecule has 0 bridgehead atoms. The summed E-state index contributed by atoms with van der Waals surface area (Å²) in [4.78, 5) is 25.2. The van der Waals surface area contributed by atoms with Gasteiger partial charge < -0.3 is 16.0 Å². The lowest BCUT2D eigenvalue weighted by molar-refractivity contribution is -0.121. The third-order valence-electron chi connectivity index (χ3n) is 4.84. The lowest BCUT2D eigenvalue weighted by atomic mass is 10.0. The van der Waals surface area contributed by atoms with Gasteiger partial charge in [0.25, 0.3) is 0 Å². The monoisotopic (exact) mass is 301 g/mol. The van der Waals surface area contributed by atoms with Gasteiger partial charge in [-0.1, -0.05) is 18.2 Å². The molecule has 1 heterocycles. The van der Waals surface area contributed by atoms with Crippen molar-refractivity contribution in [2.45, 2.75) is 38.6 Å². The molecule has 1 aliphatic heterocycles.